The number of hydrogen-bond donors (Lipinski definition) is 2. The number of carbonyl (C=O) groups is 4. The highest BCUT2D eigenvalue weighted by molar-refractivity contribution is 6.21. The van der Waals surface area contributed by atoms with Crippen molar-refractivity contribution in [2.75, 3.05) is 22.1 Å². The molecule has 1 heterocycles. The number of para-hydroxylation sites is 1. The Morgan fingerprint density at radius 3 is 2.30 bits per heavy atom. The zero-order chi connectivity index (χ0) is 25.9. The van der Waals surface area contributed by atoms with Gasteiger partial charge in [-0.2, -0.15) is 0 Å². The van der Waals surface area contributed by atoms with E-state index >= 15 is 0 Å². The third-order valence-corrected chi connectivity index (χ3v) is 7.16. The molecule has 0 bridgehead atoms. The fraction of sp³-hybridized carbons (Fsp3) is 0.267. The van der Waals surface area contributed by atoms with Crippen LogP contribution in [0.15, 0.2) is 72.8 Å². The second kappa shape index (κ2) is 10.4. The lowest BCUT2D eigenvalue weighted by Crippen LogP contribution is -2.33. The molecular formula is C30H29N3O4. The molecule has 2 N–H and O–H groups in total. The van der Waals surface area contributed by atoms with Crippen LogP contribution in [0.25, 0.3) is 0 Å². The topological polar surface area (TPSA) is 95.6 Å². The molecule has 1 fully saturated rings. The zero-order valence-corrected chi connectivity index (χ0v) is 20.7. The number of likely N-dealkylation sites (N-methyl/N-ethyl adjacent to an activating group) is 1. The number of carbonyl (C=O) groups excluding carboxylic acids is 4. The standard InChI is InChI=1S/C30H29N3O4/c1-2-33-25-16-15-20(27(34)19-9-6-7-10-19)18-24(25)26(30(33)37)29(36)32-23-14-8-11-21(17-23)28(35)31-22-12-4-3-5-13-22/h3-5,8,11-19,26H,2,6-7,9-10H2,1H3,(H,31,35)(H,32,36). The lowest BCUT2D eigenvalue weighted by atomic mass is 9.92. The predicted molar refractivity (Wildman–Crippen MR) is 143 cm³/mol. The molecule has 3 amide bonds. The summed E-state index contributed by atoms with van der Waals surface area (Å²) in [6, 6.07) is 21.0. The lowest BCUT2D eigenvalue weighted by molar-refractivity contribution is -0.126. The molecule has 0 aromatic heterocycles. The van der Waals surface area contributed by atoms with Gasteiger partial charge in [0, 0.05) is 40.7 Å². The number of anilines is 3. The van der Waals surface area contributed by atoms with Crippen LogP contribution in [0.2, 0.25) is 0 Å². The van der Waals surface area contributed by atoms with Gasteiger partial charge in [0.05, 0.1) is 0 Å². The van der Waals surface area contributed by atoms with Gasteiger partial charge in [0.15, 0.2) is 5.78 Å². The molecule has 0 saturated heterocycles. The van der Waals surface area contributed by atoms with E-state index < -0.39 is 11.8 Å². The number of amides is 3. The summed E-state index contributed by atoms with van der Waals surface area (Å²) in [5.74, 6) is -2.09. The van der Waals surface area contributed by atoms with Crippen molar-refractivity contribution in [2.24, 2.45) is 5.92 Å². The first kappa shape index (κ1) is 24.4. The summed E-state index contributed by atoms with van der Waals surface area (Å²) in [5, 5.41) is 5.63. The molecule has 1 saturated carbocycles. The Morgan fingerprint density at radius 1 is 0.838 bits per heavy atom. The van der Waals surface area contributed by atoms with Crippen molar-refractivity contribution in [3.05, 3.63) is 89.5 Å². The van der Waals surface area contributed by atoms with Crippen molar-refractivity contribution >= 4 is 40.6 Å². The highest BCUT2D eigenvalue weighted by Gasteiger charge is 2.42. The van der Waals surface area contributed by atoms with Gasteiger partial charge in [-0.3, -0.25) is 19.2 Å². The Balaban J connectivity index is 1.37. The average molecular weight is 496 g/mol. The molecule has 1 aliphatic heterocycles. The number of nitrogens with one attached hydrogen (secondary N) is 2. The van der Waals surface area contributed by atoms with E-state index in [2.05, 4.69) is 10.6 Å². The van der Waals surface area contributed by atoms with Gasteiger partial charge in [-0.1, -0.05) is 37.1 Å². The van der Waals surface area contributed by atoms with Crippen LogP contribution in [0.3, 0.4) is 0 Å². The molecule has 7 nitrogen and oxygen atoms in total. The van der Waals surface area contributed by atoms with Gasteiger partial charge in [0.1, 0.15) is 5.92 Å². The molecule has 3 aromatic carbocycles. The third kappa shape index (κ3) is 4.89. The van der Waals surface area contributed by atoms with Crippen molar-refractivity contribution in [2.45, 2.75) is 38.5 Å². The van der Waals surface area contributed by atoms with E-state index in [-0.39, 0.29) is 23.5 Å². The minimum absolute atomic E-state index is 0.00878. The number of nitrogens with zero attached hydrogens (tertiary/aromatic N) is 1. The first-order valence-corrected chi connectivity index (χ1v) is 12.7. The minimum Gasteiger partial charge on any atom is -0.325 e. The Kier molecular flexibility index (Phi) is 6.86. The highest BCUT2D eigenvalue weighted by atomic mass is 16.2. The number of rotatable bonds is 7. The average Bonchev–Trinajstić information content (AvgIpc) is 3.54. The largest absolute Gasteiger partial charge is 0.325 e. The second-order valence-corrected chi connectivity index (χ2v) is 9.52. The Hall–Kier alpha value is -4.26. The monoisotopic (exact) mass is 495 g/mol. The maximum atomic E-state index is 13.4. The molecule has 7 heteroatoms. The van der Waals surface area contributed by atoms with Crippen molar-refractivity contribution in [3.63, 3.8) is 0 Å². The van der Waals surface area contributed by atoms with Gasteiger partial charge in [0.2, 0.25) is 11.8 Å². The molecule has 188 valence electrons. The molecule has 1 unspecified atom stereocenters. The fourth-order valence-electron chi connectivity index (χ4n) is 5.27. The Morgan fingerprint density at radius 2 is 1.57 bits per heavy atom. The van der Waals surface area contributed by atoms with E-state index in [1.165, 1.54) is 0 Å². The maximum absolute atomic E-state index is 13.4. The van der Waals surface area contributed by atoms with E-state index in [4.69, 9.17) is 0 Å². The van der Waals surface area contributed by atoms with Crippen LogP contribution in [0.1, 0.15) is 64.8 Å². The van der Waals surface area contributed by atoms with E-state index in [9.17, 15) is 19.2 Å². The van der Waals surface area contributed by atoms with Gasteiger partial charge in [-0.05, 0) is 73.9 Å². The van der Waals surface area contributed by atoms with Crippen molar-refractivity contribution in [1.29, 1.82) is 0 Å². The first-order chi connectivity index (χ1) is 18.0. The lowest BCUT2D eigenvalue weighted by Gasteiger charge is -2.15. The SMILES string of the molecule is CCN1C(=O)C(C(=O)Nc2cccc(C(=O)Nc3ccccc3)c2)c2cc(C(=O)C3CCCC3)ccc21. The third-order valence-electron chi connectivity index (χ3n) is 7.16. The number of hydrogen-bond acceptors (Lipinski definition) is 4. The summed E-state index contributed by atoms with van der Waals surface area (Å²) in [4.78, 5) is 54.0. The molecule has 1 atom stereocenters. The number of fused-ring (bicyclic) bond motifs is 1. The van der Waals surface area contributed by atoms with Crippen LogP contribution in [-0.4, -0.2) is 30.0 Å². The summed E-state index contributed by atoms with van der Waals surface area (Å²) < 4.78 is 0. The molecule has 0 radical (unpaired) electrons. The number of ketones is 1. The fourth-order valence-corrected chi connectivity index (χ4v) is 5.27. The number of Topliss-reactive ketones (excluding diaryl/α,β-unsaturated/α-hetero) is 1. The summed E-state index contributed by atoms with van der Waals surface area (Å²) in [6.45, 7) is 2.27. The van der Waals surface area contributed by atoms with E-state index in [0.717, 1.165) is 25.7 Å². The van der Waals surface area contributed by atoms with Crippen LogP contribution in [0.4, 0.5) is 17.1 Å². The molecule has 5 rings (SSSR count). The van der Waals surface area contributed by atoms with Crippen LogP contribution in [-0.2, 0) is 9.59 Å². The van der Waals surface area contributed by atoms with E-state index in [0.29, 0.717) is 40.3 Å². The second-order valence-electron chi connectivity index (χ2n) is 9.52. The smallest absolute Gasteiger partial charge is 0.255 e. The van der Waals surface area contributed by atoms with Gasteiger partial charge in [0.25, 0.3) is 5.91 Å². The molecule has 37 heavy (non-hydrogen) atoms. The highest BCUT2D eigenvalue weighted by Crippen LogP contribution is 2.39. The van der Waals surface area contributed by atoms with Gasteiger partial charge >= 0.3 is 0 Å². The maximum Gasteiger partial charge on any atom is 0.255 e. The van der Waals surface area contributed by atoms with Crippen molar-refractivity contribution in [3.8, 4) is 0 Å². The van der Waals surface area contributed by atoms with E-state index in [1.54, 1.807) is 59.5 Å². The molecule has 0 spiro atoms. The van der Waals surface area contributed by atoms with Gasteiger partial charge < -0.3 is 15.5 Å². The normalized spacial score (nSPS) is 16.9. The summed E-state index contributed by atoms with van der Waals surface area (Å²) in [6.07, 6.45) is 3.87. The van der Waals surface area contributed by atoms with Crippen LogP contribution in [0, 0.1) is 5.92 Å². The van der Waals surface area contributed by atoms with Crippen molar-refractivity contribution in [1.82, 2.24) is 0 Å². The molecule has 1 aliphatic carbocycles. The molecular weight excluding hydrogens is 466 g/mol. The van der Waals surface area contributed by atoms with Crippen LogP contribution >= 0.6 is 0 Å². The molecule has 3 aromatic rings. The zero-order valence-electron chi connectivity index (χ0n) is 20.7. The summed E-state index contributed by atoms with van der Waals surface area (Å²) >= 11 is 0. The summed E-state index contributed by atoms with van der Waals surface area (Å²) in [7, 11) is 0. The predicted octanol–water partition coefficient (Wildman–Crippen LogP) is 5.40. The number of benzene rings is 3. The summed E-state index contributed by atoms with van der Waals surface area (Å²) in [5.41, 5.74) is 3.21. The minimum atomic E-state index is -1.06. The molecule has 2 aliphatic rings. The quantitative estimate of drug-likeness (QED) is 0.339. The van der Waals surface area contributed by atoms with Gasteiger partial charge in [-0.25, -0.2) is 0 Å². The van der Waals surface area contributed by atoms with Crippen LogP contribution in [0.5, 0.6) is 0 Å². The van der Waals surface area contributed by atoms with E-state index in [1.807, 2.05) is 25.1 Å². The first-order valence-electron chi connectivity index (χ1n) is 12.7. The Labute approximate surface area is 215 Å². The van der Waals surface area contributed by atoms with Crippen molar-refractivity contribution < 1.29 is 19.2 Å². The van der Waals surface area contributed by atoms with Gasteiger partial charge in [-0.15, -0.1) is 0 Å². The Bertz CT molecular complexity index is 1360. The van der Waals surface area contributed by atoms with Crippen LogP contribution < -0.4 is 15.5 Å².